The molecule has 8 aromatic rings. The van der Waals surface area contributed by atoms with Crippen LogP contribution in [-0.2, 0) is 98.9 Å². The van der Waals surface area contributed by atoms with Gasteiger partial charge in [-0.05, 0) is 44.5 Å². The van der Waals surface area contributed by atoms with Crippen LogP contribution in [-0.4, -0.2) is 36.6 Å². The van der Waals surface area contributed by atoms with Crippen LogP contribution in [0.15, 0.2) is 243 Å². The van der Waals surface area contributed by atoms with E-state index >= 15 is 0 Å². The second kappa shape index (κ2) is 29.3. The van der Waals surface area contributed by atoms with Crippen LogP contribution < -0.4 is 0 Å². The van der Waals surface area contributed by atoms with Crippen molar-refractivity contribution >= 4 is 17.2 Å². The van der Waals surface area contributed by atoms with Crippen LogP contribution in [0.25, 0.3) is 0 Å². The predicted molar refractivity (Wildman–Crippen MR) is 289 cm³/mol. The number of benzene rings is 8. The molecule has 0 aromatic heterocycles. The Balaban J connectivity index is 1.17. The van der Waals surface area contributed by atoms with Crippen molar-refractivity contribution in [3.05, 3.63) is 287 Å². The summed E-state index contributed by atoms with van der Waals surface area (Å²) in [7, 11) is -4.30. The lowest BCUT2D eigenvalue weighted by molar-refractivity contribution is -0.267. The second-order valence-corrected chi connectivity index (χ2v) is 20.0. The molecule has 0 N–H and O–H groups in total. The third-order valence-corrected chi connectivity index (χ3v) is 14.4. The third-order valence-electron chi connectivity index (χ3n) is 12.2. The molecule has 6 atom stereocenters. The SMILES string of the molecule is c1ccc(CO[C@H]2[C@H](OCc3ccccc3)[C@@H](OCc3ccccc3)[C@H](OP(OCc3ccccc3)OCc3ccccc3)[C@H](OP(OCc3ccccc3)OCc3ccccc3)[C@@H]2OCc2ccccc2)cc1. The molecule has 0 heterocycles. The molecule has 1 fully saturated rings. The molecule has 1 aliphatic carbocycles. The van der Waals surface area contributed by atoms with Crippen molar-refractivity contribution in [3.63, 3.8) is 0 Å². The van der Waals surface area contributed by atoms with Crippen molar-refractivity contribution in [2.24, 2.45) is 0 Å². The average Bonchev–Trinajstić information content (AvgIpc) is 3.47. The molecule has 12 heteroatoms. The number of hydrogen-bond donors (Lipinski definition) is 0. The number of ether oxygens (including phenoxy) is 4. The smallest absolute Gasteiger partial charge is 0.333 e. The van der Waals surface area contributed by atoms with E-state index in [9.17, 15) is 0 Å². The zero-order valence-corrected chi connectivity index (χ0v) is 43.0. The lowest BCUT2D eigenvalue weighted by atomic mass is 9.84. The minimum atomic E-state index is -2.15. The topological polar surface area (TPSA) is 92.3 Å². The van der Waals surface area contributed by atoms with Crippen LogP contribution in [0.5, 0.6) is 0 Å². The summed E-state index contributed by atoms with van der Waals surface area (Å²) >= 11 is 0. The molecule has 0 saturated heterocycles. The van der Waals surface area contributed by atoms with E-state index in [4.69, 9.17) is 46.1 Å². The van der Waals surface area contributed by atoms with Gasteiger partial charge in [0.1, 0.15) is 36.6 Å². The van der Waals surface area contributed by atoms with Crippen molar-refractivity contribution < 1.29 is 46.1 Å². The van der Waals surface area contributed by atoms with E-state index in [1.54, 1.807) is 0 Å². The Kier molecular flexibility index (Phi) is 21.0. The van der Waals surface area contributed by atoms with Crippen molar-refractivity contribution in [3.8, 4) is 0 Å². The van der Waals surface area contributed by atoms with Gasteiger partial charge in [0, 0.05) is 0 Å². The molecule has 0 radical (unpaired) electrons. The summed E-state index contributed by atoms with van der Waals surface area (Å²) in [6, 6.07) is 80.2. The van der Waals surface area contributed by atoms with Gasteiger partial charge in [-0.15, -0.1) is 0 Å². The van der Waals surface area contributed by atoms with E-state index in [0.717, 1.165) is 44.5 Å². The first-order valence-electron chi connectivity index (χ1n) is 24.9. The lowest BCUT2D eigenvalue weighted by Crippen LogP contribution is -2.67. The van der Waals surface area contributed by atoms with Gasteiger partial charge in [0.05, 0.1) is 52.9 Å². The van der Waals surface area contributed by atoms with Gasteiger partial charge in [-0.3, -0.25) is 0 Å². The second-order valence-electron chi connectivity index (χ2n) is 17.7. The molecule has 10 nitrogen and oxygen atoms in total. The maximum Gasteiger partial charge on any atom is 0.333 e. The van der Waals surface area contributed by atoms with Gasteiger partial charge in [-0.25, -0.2) is 0 Å². The molecule has 9 rings (SSSR count). The van der Waals surface area contributed by atoms with E-state index in [1.165, 1.54) is 0 Å². The molecule has 0 amide bonds. The minimum absolute atomic E-state index is 0.210. The van der Waals surface area contributed by atoms with Gasteiger partial charge in [0.2, 0.25) is 0 Å². The van der Waals surface area contributed by atoms with Crippen LogP contribution in [0, 0.1) is 0 Å². The van der Waals surface area contributed by atoms with Crippen molar-refractivity contribution in [1.29, 1.82) is 0 Å². The van der Waals surface area contributed by atoms with Gasteiger partial charge in [-0.2, -0.15) is 0 Å². The van der Waals surface area contributed by atoms with Crippen LogP contribution in [0.1, 0.15) is 44.5 Å². The quantitative estimate of drug-likeness (QED) is 0.0442. The van der Waals surface area contributed by atoms with E-state index in [2.05, 4.69) is 0 Å². The van der Waals surface area contributed by atoms with Crippen LogP contribution in [0.3, 0.4) is 0 Å². The van der Waals surface area contributed by atoms with Gasteiger partial charge in [0.25, 0.3) is 0 Å². The highest BCUT2D eigenvalue weighted by Crippen LogP contribution is 2.52. The van der Waals surface area contributed by atoms with Gasteiger partial charge in [-0.1, -0.05) is 243 Å². The van der Waals surface area contributed by atoms with Crippen molar-refractivity contribution in [2.75, 3.05) is 0 Å². The monoisotopic (exact) mass is 1030 g/mol. The highest BCUT2D eigenvalue weighted by molar-refractivity contribution is 7.42. The summed E-state index contributed by atoms with van der Waals surface area (Å²) in [4.78, 5) is 0. The summed E-state index contributed by atoms with van der Waals surface area (Å²) in [5.74, 6) is 0. The number of rotatable bonds is 28. The summed E-state index contributed by atoms with van der Waals surface area (Å²) in [6.07, 6.45) is -5.38. The highest BCUT2D eigenvalue weighted by Gasteiger charge is 2.57. The van der Waals surface area contributed by atoms with E-state index < -0.39 is 53.8 Å². The maximum absolute atomic E-state index is 7.40. The Labute approximate surface area is 438 Å². The van der Waals surface area contributed by atoms with Gasteiger partial charge < -0.3 is 46.1 Å². The van der Waals surface area contributed by atoms with Gasteiger partial charge in [0.15, 0.2) is 0 Å². The Morgan fingerprint density at radius 3 is 0.554 bits per heavy atom. The molecule has 380 valence electrons. The van der Waals surface area contributed by atoms with E-state index in [0.29, 0.717) is 0 Å². The Morgan fingerprint density at radius 2 is 0.365 bits per heavy atom. The Bertz CT molecular complexity index is 2460. The predicted octanol–water partition coefficient (Wildman–Crippen LogP) is 14.4. The molecule has 1 aliphatic rings. The first-order chi connectivity index (χ1) is 36.7. The standard InChI is InChI=1S/C62H62O10P2/c1-9-25-49(26-10-1)41-63-57-58(64-42-50-27-11-2-12-28-50)60(66-44-52-31-15-4-16-32-52)62(72-74(69-47-55-37-21-7-22-38-55)70-48-56-39-23-8-24-40-56)61(59(57)65-43-51-29-13-3-14-30-51)71-73(67-45-53-33-17-5-18-34-53)68-46-54-35-19-6-20-36-54/h1-40,57-62H,41-48H2/t57-,58-,59+,60+,61-,62+/m0/s1. The van der Waals surface area contributed by atoms with E-state index in [1.807, 2.05) is 243 Å². The third kappa shape index (κ3) is 16.6. The molecule has 0 aliphatic heterocycles. The fourth-order valence-electron chi connectivity index (χ4n) is 8.39. The molecule has 74 heavy (non-hydrogen) atoms. The summed E-state index contributed by atoms with van der Waals surface area (Å²) in [5.41, 5.74) is 7.67. The van der Waals surface area contributed by atoms with Crippen molar-refractivity contribution in [2.45, 2.75) is 89.5 Å². The zero-order valence-electron chi connectivity index (χ0n) is 41.2. The fourth-order valence-corrected chi connectivity index (χ4v) is 10.7. The summed E-state index contributed by atoms with van der Waals surface area (Å²) in [6.45, 7) is 1.76. The average molecular weight is 1030 g/mol. The number of hydrogen-bond acceptors (Lipinski definition) is 10. The molecule has 8 aromatic carbocycles. The molecule has 0 bridgehead atoms. The Hall–Kier alpha value is -5.78. The van der Waals surface area contributed by atoms with Crippen LogP contribution in [0.2, 0.25) is 0 Å². The molecule has 1 saturated carbocycles. The first-order valence-corrected chi connectivity index (χ1v) is 27.1. The largest absolute Gasteiger partial charge is 0.368 e. The molecule has 0 spiro atoms. The van der Waals surface area contributed by atoms with Gasteiger partial charge >= 0.3 is 17.2 Å². The summed E-state index contributed by atoms with van der Waals surface area (Å²) < 4.78 is 70.6. The molecular formula is C62H62O10P2. The van der Waals surface area contributed by atoms with Crippen molar-refractivity contribution in [1.82, 2.24) is 0 Å². The normalized spacial score (nSPS) is 18.7. The molecular weight excluding hydrogens is 967 g/mol. The van der Waals surface area contributed by atoms with E-state index in [-0.39, 0.29) is 52.9 Å². The first kappa shape index (κ1) is 53.1. The van der Waals surface area contributed by atoms with Crippen LogP contribution in [0.4, 0.5) is 0 Å². The fraction of sp³-hybridized carbons (Fsp3) is 0.226. The molecule has 0 unspecified atom stereocenters. The summed E-state index contributed by atoms with van der Waals surface area (Å²) in [5, 5.41) is 0. The minimum Gasteiger partial charge on any atom is -0.368 e. The lowest BCUT2D eigenvalue weighted by Gasteiger charge is -2.50. The van der Waals surface area contributed by atoms with Crippen LogP contribution >= 0.6 is 17.2 Å². The maximum atomic E-state index is 7.40. The highest BCUT2D eigenvalue weighted by atomic mass is 31.2. The zero-order chi connectivity index (χ0) is 50.2. The Morgan fingerprint density at radius 1 is 0.203 bits per heavy atom.